The second kappa shape index (κ2) is 10.5. The van der Waals surface area contributed by atoms with Crippen LogP contribution in [-0.2, 0) is 16.1 Å². The summed E-state index contributed by atoms with van der Waals surface area (Å²) in [4.78, 5) is 28.0. The van der Waals surface area contributed by atoms with Gasteiger partial charge in [-0.15, -0.1) is 0 Å². The van der Waals surface area contributed by atoms with Crippen LogP contribution < -0.4 is 14.2 Å². The number of ether oxygens (including phenoxy) is 3. The van der Waals surface area contributed by atoms with Crippen molar-refractivity contribution < 1.29 is 28.9 Å². The predicted octanol–water partition coefficient (Wildman–Crippen LogP) is 5.64. The first-order valence-electron chi connectivity index (χ1n) is 10.9. The fourth-order valence-corrected chi connectivity index (χ4v) is 4.97. The minimum atomic E-state index is -0.873. The summed E-state index contributed by atoms with van der Waals surface area (Å²) in [6, 6.07) is 16.7. The van der Waals surface area contributed by atoms with Crippen LogP contribution in [0.25, 0.3) is 5.76 Å². The van der Waals surface area contributed by atoms with E-state index in [1.54, 1.807) is 49.6 Å². The third kappa shape index (κ3) is 4.47. The van der Waals surface area contributed by atoms with E-state index in [-0.39, 0.29) is 39.2 Å². The first-order chi connectivity index (χ1) is 17.3. The molecule has 3 aromatic carbocycles. The van der Waals surface area contributed by atoms with Crippen LogP contribution >= 0.6 is 23.2 Å². The van der Waals surface area contributed by atoms with Crippen LogP contribution in [0.4, 0.5) is 0 Å². The lowest BCUT2D eigenvalue weighted by molar-refractivity contribution is -0.140. The molecule has 36 heavy (non-hydrogen) atoms. The van der Waals surface area contributed by atoms with Crippen LogP contribution in [0.15, 0.2) is 66.2 Å². The SMILES string of the molecule is COc1cccc(CN2C(=O)C(=O)/C(=C(/O)c3cc(Cl)c(OC)c(Cl)c3OC)C2c2ccccc2)c1. The second-order valence-electron chi connectivity index (χ2n) is 7.98. The Morgan fingerprint density at radius 1 is 0.917 bits per heavy atom. The lowest BCUT2D eigenvalue weighted by Crippen LogP contribution is -2.29. The summed E-state index contributed by atoms with van der Waals surface area (Å²) in [5, 5.41) is 11.6. The number of likely N-dealkylation sites (tertiary alicyclic amines) is 1. The molecule has 1 atom stereocenters. The van der Waals surface area contributed by atoms with Crippen molar-refractivity contribution in [1.29, 1.82) is 0 Å². The minimum absolute atomic E-state index is 0.0240. The number of hydrogen-bond acceptors (Lipinski definition) is 6. The van der Waals surface area contributed by atoms with Gasteiger partial charge in [-0.1, -0.05) is 65.7 Å². The highest BCUT2D eigenvalue weighted by molar-refractivity contribution is 6.47. The van der Waals surface area contributed by atoms with Crippen LogP contribution in [0.5, 0.6) is 17.2 Å². The zero-order chi connectivity index (χ0) is 26.0. The highest BCUT2D eigenvalue weighted by Crippen LogP contribution is 2.47. The Morgan fingerprint density at radius 2 is 1.61 bits per heavy atom. The average molecular weight is 528 g/mol. The number of methoxy groups -OCH3 is 3. The number of amides is 1. The fourth-order valence-electron chi connectivity index (χ4n) is 4.28. The lowest BCUT2D eigenvalue weighted by Gasteiger charge is -2.26. The number of nitrogens with zero attached hydrogens (tertiary/aromatic N) is 1. The number of aliphatic hydroxyl groups is 1. The number of aliphatic hydroxyl groups excluding tert-OH is 1. The van der Waals surface area contributed by atoms with Gasteiger partial charge in [0.2, 0.25) is 0 Å². The number of halogens is 2. The molecule has 1 aliphatic rings. The number of benzene rings is 3. The number of ketones is 1. The van der Waals surface area contributed by atoms with E-state index in [0.717, 1.165) is 5.56 Å². The van der Waals surface area contributed by atoms with E-state index < -0.39 is 23.5 Å². The molecule has 7 nitrogen and oxygen atoms in total. The van der Waals surface area contributed by atoms with Gasteiger partial charge in [-0.3, -0.25) is 9.59 Å². The Kier molecular flexibility index (Phi) is 7.43. The van der Waals surface area contributed by atoms with Crippen molar-refractivity contribution in [1.82, 2.24) is 4.90 Å². The van der Waals surface area contributed by atoms with Crippen molar-refractivity contribution in [2.75, 3.05) is 21.3 Å². The Labute approximate surface area is 218 Å². The van der Waals surface area contributed by atoms with Crippen LogP contribution in [0.1, 0.15) is 22.7 Å². The average Bonchev–Trinajstić information content (AvgIpc) is 3.13. The normalized spacial score (nSPS) is 16.8. The van der Waals surface area contributed by atoms with Crippen LogP contribution in [-0.4, -0.2) is 43.0 Å². The summed E-state index contributed by atoms with van der Waals surface area (Å²) in [6.07, 6.45) is 0. The van der Waals surface area contributed by atoms with Gasteiger partial charge in [0.15, 0.2) is 11.5 Å². The van der Waals surface area contributed by atoms with Crippen molar-refractivity contribution >= 4 is 40.7 Å². The fraction of sp³-hybridized carbons (Fsp3) is 0.185. The molecule has 0 aromatic heterocycles. The van der Waals surface area contributed by atoms with E-state index in [2.05, 4.69) is 0 Å². The molecule has 0 saturated carbocycles. The monoisotopic (exact) mass is 527 g/mol. The molecule has 1 heterocycles. The zero-order valence-corrected chi connectivity index (χ0v) is 21.3. The molecule has 0 radical (unpaired) electrons. The maximum absolute atomic E-state index is 13.4. The van der Waals surface area contributed by atoms with Gasteiger partial charge in [-0.25, -0.2) is 0 Å². The molecule has 1 unspecified atom stereocenters. The number of rotatable bonds is 7. The van der Waals surface area contributed by atoms with Gasteiger partial charge < -0.3 is 24.2 Å². The number of hydrogen-bond donors (Lipinski definition) is 1. The van der Waals surface area contributed by atoms with Gasteiger partial charge in [0.25, 0.3) is 11.7 Å². The van der Waals surface area contributed by atoms with E-state index in [1.807, 2.05) is 12.1 Å². The molecule has 9 heteroatoms. The van der Waals surface area contributed by atoms with E-state index >= 15 is 0 Å². The first kappa shape index (κ1) is 25.4. The van der Waals surface area contributed by atoms with Crippen LogP contribution in [0, 0.1) is 0 Å². The van der Waals surface area contributed by atoms with E-state index in [0.29, 0.717) is 11.3 Å². The highest BCUT2D eigenvalue weighted by Gasteiger charge is 2.46. The molecule has 0 bridgehead atoms. The van der Waals surface area contributed by atoms with Crippen molar-refractivity contribution in [3.8, 4) is 17.2 Å². The summed E-state index contributed by atoms with van der Waals surface area (Å²) in [6.45, 7) is 0.110. The molecule has 1 fully saturated rings. The maximum atomic E-state index is 13.4. The third-order valence-corrected chi connectivity index (χ3v) is 6.56. The van der Waals surface area contributed by atoms with Crippen molar-refractivity contribution in [2.45, 2.75) is 12.6 Å². The topological polar surface area (TPSA) is 85.3 Å². The predicted molar refractivity (Wildman–Crippen MR) is 137 cm³/mol. The molecule has 186 valence electrons. The van der Waals surface area contributed by atoms with Crippen LogP contribution in [0.3, 0.4) is 0 Å². The smallest absolute Gasteiger partial charge is 0.295 e. The maximum Gasteiger partial charge on any atom is 0.295 e. The van der Waals surface area contributed by atoms with E-state index in [4.69, 9.17) is 37.4 Å². The second-order valence-corrected chi connectivity index (χ2v) is 8.76. The number of Topliss-reactive ketones (excluding diaryl/α,β-unsaturated/α-hetero) is 1. The molecule has 1 N–H and O–H groups in total. The molecule has 1 saturated heterocycles. The summed E-state index contributed by atoms with van der Waals surface area (Å²) < 4.78 is 15.9. The van der Waals surface area contributed by atoms with Gasteiger partial charge >= 0.3 is 0 Å². The quantitative estimate of drug-likeness (QED) is 0.243. The lowest BCUT2D eigenvalue weighted by atomic mass is 9.94. The Bertz CT molecular complexity index is 1360. The van der Waals surface area contributed by atoms with Crippen molar-refractivity contribution in [3.05, 3.63) is 93.0 Å². The molecule has 3 aromatic rings. The van der Waals surface area contributed by atoms with Crippen molar-refractivity contribution in [3.63, 3.8) is 0 Å². The summed E-state index contributed by atoms with van der Waals surface area (Å²) >= 11 is 12.7. The third-order valence-electron chi connectivity index (χ3n) is 5.94. The number of carbonyl (C=O) groups is 2. The van der Waals surface area contributed by atoms with E-state index in [1.165, 1.54) is 25.2 Å². The Hall–Kier alpha value is -3.68. The van der Waals surface area contributed by atoms with Gasteiger partial charge in [-0.05, 0) is 29.3 Å². The minimum Gasteiger partial charge on any atom is -0.507 e. The highest BCUT2D eigenvalue weighted by atomic mass is 35.5. The molecule has 0 spiro atoms. The molecular formula is C27H23Cl2NO6. The van der Waals surface area contributed by atoms with Crippen LogP contribution in [0.2, 0.25) is 10.0 Å². The molecule has 4 rings (SSSR count). The summed E-state index contributed by atoms with van der Waals surface area (Å²) in [5.74, 6) is -1.22. The van der Waals surface area contributed by atoms with Crippen molar-refractivity contribution in [2.24, 2.45) is 0 Å². The summed E-state index contributed by atoms with van der Waals surface area (Å²) in [5.41, 5.74) is 1.36. The molecule has 1 amide bonds. The van der Waals surface area contributed by atoms with E-state index in [9.17, 15) is 14.7 Å². The van der Waals surface area contributed by atoms with Gasteiger partial charge in [0, 0.05) is 6.54 Å². The number of carbonyl (C=O) groups excluding carboxylic acids is 2. The van der Waals surface area contributed by atoms with Gasteiger partial charge in [0.05, 0.1) is 43.5 Å². The zero-order valence-electron chi connectivity index (χ0n) is 19.7. The largest absolute Gasteiger partial charge is 0.507 e. The summed E-state index contributed by atoms with van der Waals surface area (Å²) in [7, 11) is 4.31. The molecular weight excluding hydrogens is 505 g/mol. The van der Waals surface area contributed by atoms with Gasteiger partial charge in [0.1, 0.15) is 16.5 Å². The standard InChI is InChI=1S/C27H23Cl2NO6/c1-34-17-11-7-8-15(12-17)14-30-22(16-9-5-4-6-10-16)20(24(32)27(30)33)23(31)18-13-19(28)26(36-3)21(29)25(18)35-2/h4-13,22,31H,14H2,1-3H3/b23-20+. The molecule has 0 aliphatic carbocycles. The molecule has 1 aliphatic heterocycles. The Balaban J connectivity index is 1.92. The first-order valence-corrected chi connectivity index (χ1v) is 11.6. The van der Waals surface area contributed by atoms with Gasteiger partial charge in [-0.2, -0.15) is 0 Å². The Morgan fingerprint density at radius 3 is 2.25 bits per heavy atom.